The van der Waals surface area contributed by atoms with Crippen LogP contribution < -0.4 is 9.47 Å². The zero-order chi connectivity index (χ0) is 11.7. The van der Waals surface area contributed by atoms with Gasteiger partial charge < -0.3 is 9.47 Å². The van der Waals surface area contributed by atoms with Gasteiger partial charge in [-0.15, -0.1) is 0 Å². The summed E-state index contributed by atoms with van der Waals surface area (Å²) in [5, 5.41) is 10.8. The lowest BCUT2D eigenvalue weighted by molar-refractivity contribution is -0.433. The Morgan fingerprint density at radius 1 is 1.50 bits per heavy atom. The molecule has 1 aromatic rings. The predicted octanol–water partition coefficient (Wildman–Crippen LogP) is 2.09. The van der Waals surface area contributed by atoms with Gasteiger partial charge in [-0.25, -0.2) is 0 Å². The third kappa shape index (κ3) is 1.71. The molecule has 84 valence electrons. The summed E-state index contributed by atoms with van der Waals surface area (Å²) in [6.07, 6.45) is 0.988. The highest BCUT2D eigenvalue weighted by molar-refractivity contribution is 5.63. The lowest BCUT2D eigenvalue weighted by Crippen LogP contribution is -2.23. The van der Waals surface area contributed by atoms with Gasteiger partial charge in [-0.1, -0.05) is 0 Å². The van der Waals surface area contributed by atoms with Crippen molar-refractivity contribution in [2.24, 2.45) is 0 Å². The average Bonchev–Trinajstić information content (AvgIpc) is 2.27. The van der Waals surface area contributed by atoms with E-state index in [1.54, 1.807) is 32.2 Å². The quantitative estimate of drug-likeness (QED) is 0.566. The number of rotatable bonds is 2. The second kappa shape index (κ2) is 3.84. The van der Waals surface area contributed by atoms with Crippen LogP contribution in [-0.4, -0.2) is 18.1 Å². The minimum absolute atomic E-state index is 0.0563. The first kappa shape index (κ1) is 10.5. The molecule has 1 atom stereocenters. The van der Waals surface area contributed by atoms with Crippen LogP contribution in [0.25, 0.3) is 6.08 Å². The van der Waals surface area contributed by atoms with E-state index in [0.717, 1.165) is 0 Å². The summed E-state index contributed by atoms with van der Waals surface area (Å²) in [6, 6.07) is 5.22. The highest BCUT2D eigenvalue weighted by atomic mass is 16.6. The van der Waals surface area contributed by atoms with E-state index in [-0.39, 0.29) is 5.70 Å². The molecule has 0 saturated heterocycles. The van der Waals surface area contributed by atoms with Crippen molar-refractivity contribution in [3.63, 3.8) is 0 Å². The number of ether oxygens (including phenoxy) is 2. The van der Waals surface area contributed by atoms with Crippen LogP contribution in [0, 0.1) is 10.1 Å². The first-order valence-electron chi connectivity index (χ1n) is 4.82. The Bertz CT molecular complexity index is 467. The number of fused-ring (bicyclic) bond motifs is 1. The number of nitro groups is 1. The Labute approximate surface area is 92.4 Å². The maximum Gasteiger partial charge on any atom is 0.286 e. The van der Waals surface area contributed by atoms with Gasteiger partial charge in [0, 0.05) is 11.6 Å². The molecule has 1 aliphatic heterocycles. The molecule has 0 fully saturated rings. The molecule has 5 nitrogen and oxygen atoms in total. The SMILES string of the molecule is COc1ccc2c(c1)C=C([N+](=O)[O-])C(C)O2. The summed E-state index contributed by atoms with van der Waals surface area (Å²) < 4.78 is 10.5. The van der Waals surface area contributed by atoms with Gasteiger partial charge in [0.25, 0.3) is 5.70 Å². The van der Waals surface area contributed by atoms with Crippen LogP contribution in [0.3, 0.4) is 0 Å². The molecule has 5 heteroatoms. The van der Waals surface area contributed by atoms with E-state index in [2.05, 4.69) is 0 Å². The van der Waals surface area contributed by atoms with Crippen molar-refractivity contribution >= 4 is 6.08 Å². The van der Waals surface area contributed by atoms with Crippen LogP contribution in [0.5, 0.6) is 11.5 Å². The molecule has 0 bridgehead atoms. The van der Waals surface area contributed by atoms with Crippen molar-refractivity contribution in [3.05, 3.63) is 39.6 Å². The molecule has 2 rings (SSSR count). The standard InChI is InChI=1S/C11H11NO4/c1-7-10(12(13)14)6-8-5-9(15-2)3-4-11(8)16-7/h3-7H,1-2H3. The molecular weight excluding hydrogens is 210 g/mol. The third-order valence-electron chi connectivity index (χ3n) is 2.45. The first-order valence-corrected chi connectivity index (χ1v) is 4.82. The van der Waals surface area contributed by atoms with Gasteiger partial charge in [0.1, 0.15) is 11.5 Å². The van der Waals surface area contributed by atoms with E-state index in [1.807, 2.05) is 0 Å². The minimum Gasteiger partial charge on any atom is -0.497 e. The summed E-state index contributed by atoms with van der Waals surface area (Å²) in [4.78, 5) is 10.3. The van der Waals surface area contributed by atoms with Crippen LogP contribution in [0.15, 0.2) is 23.9 Å². The number of methoxy groups -OCH3 is 1. The topological polar surface area (TPSA) is 61.6 Å². The number of hydrogen-bond acceptors (Lipinski definition) is 4. The normalized spacial score (nSPS) is 18.1. The predicted molar refractivity (Wildman–Crippen MR) is 58.1 cm³/mol. The van der Waals surface area contributed by atoms with E-state index in [1.165, 1.54) is 6.08 Å². The van der Waals surface area contributed by atoms with Gasteiger partial charge in [-0.05, 0) is 25.1 Å². The molecule has 0 saturated carbocycles. The number of nitrogens with zero attached hydrogens (tertiary/aromatic N) is 1. The summed E-state index contributed by atoms with van der Waals surface area (Å²) in [7, 11) is 1.55. The minimum atomic E-state index is -0.532. The van der Waals surface area contributed by atoms with Gasteiger partial charge in [0.15, 0.2) is 6.10 Å². The van der Waals surface area contributed by atoms with Crippen molar-refractivity contribution < 1.29 is 14.4 Å². The number of hydrogen-bond donors (Lipinski definition) is 0. The maximum absolute atomic E-state index is 10.8. The molecule has 0 aromatic heterocycles. The van der Waals surface area contributed by atoms with Gasteiger partial charge in [-0.2, -0.15) is 0 Å². The van der Waals surface area contributed by atoms with E-state index < -0.39 is 11.0 Å². The van der Waals surface area contributed by atoms with Gasteiger partial charge >= 0.3 is 0 Å². The van der Waals surface area contributed by atoms with Crippen LogP contribution in [0.4, 0.5) is 0 Å². The molecule has 0 N–H and O–H groups in total. The van der Waals surface area contributed by atoms with Crippen molar-refractivity contribution in [3.8, 4) is 11.5 Å². The molecule has 0 aliphatic carbocycles. The van der Waals surface area contributed by atoms with Crippen molar-refractivity contribution in [1.29, 1.82) is 0 Å². The monoisotopic (exact) mass is 221 g/mol. The summed E-state index contributed by atoms with van der Waals surface area (Å²) in [6.45, 7) is 1.65. The third-order valence-corrected chi connectivity index (χ3v) is 2.45. The van der Waals surface area contributed by atoms with Crippen molar-refractivity contribution in [2.75, 3.05) is 7.11 Å². The molecular formula is C11H11NO4. The molecule has 1 heterocycles. The van der Waals surface area contributed by atoms with Gasteiger partial charge in [0.2, 0.25) is 0 Å². The second-order valence-corrected chi connectivity index (χ2v) is 3.49. The average molecular weight is 221 g/mol. The van der Waals surface area contributed by atoms with E-state index >= 15 is 0 Å². The molecule has 1 aliphatic rings. The lowest BCUT2D eigenvalue weighted by Gasteiger charge is -2.19. The van der Waals surface area contributed by atoms with E-state index in [4.69, 9.17) is 9.47 Å². The van der Waals surface area contributed by atoms with Crippen LogP contribution in [0.1, 0.15) is 12.5 Å². The number of benzene rings is 1. The molecule has 1 unspecified atom stereocenters. The Hall–Kier alpha value is -2.04. The molecule has 1 aromatic carbocycles. The van der Waals surface area contributed by atoms with E-state index in [9.17, 15) is 10.1 Å². The van der Waals surface area contributed by atoms with Gasteiger partial charge in [0.05, 0.1) is 12.0 Å². The highest BCUT2D eigenvalue weighted by Crippen LogP contribution is 2.32. The Balaban J connectivity index is 2.48. The lowest BCUT2D eigenvalue weighted by atomic mass is 10.1. The van der Waals surface area contributed by atoms with Crippen LogP contribution in [0.2, 0.25) is 0 Å². The Kier molecular flexibility index (Phi) is 2.52. The second-order valence-electron chi connectivity index (χ2n) is 3.49. The smallest absolute Gasteiger partial charge is 0.286 e. The summed E-state index contributed by atoms with van der Waals surface area (Å²) in [5.41, 5.74) is 0.727. The molecule has 0 spiro atoms. The molecule has 0 radical (unpaired) electrons. The van der Waals surface area contributed by atoms with Crippen molar-refractivity contribution in [1.82, 2.24) is 0 Å². The Morgan fingerprint density at radius 3 is 2.88 bits per heavy atom. The molecule has 0 amide bonds. The fourth-order valence-electron chi connectivity index (χ4n) is 1.60. The zero-order valence-electron chi connectivity index (χ0n) is 8.97. The maximum atomic E-state index is 10.8. The largest absolute Gasteiger partial charge is 0.497 e. The zero-order valence-corrected chi connectivity index (χ0v) is 8.97. The van der Waals surface area contributed by atoms with Crippen LogP contribution >= 0.6 is 0 Å². The van der Waals surface area contributed by atoms with Crippen molar-refractivity contribution in [2.45, 2.75) is 13.0 Å². The summed E-state index contributed by atoms with van der Waals surface area (Å²) >= 11 is 0. The van der Waals surface area contributed by atoms with E-state index in [0.29, 0.717) is 17.1 Å². The highest BCUT2D eigenvalue weighted by Gasteiger charge is 2.27. The Morgan fingerprint density at radius 2 is 2.25 bits per heavy atom. The fourth-order valence-corrected chi connectivity index (χ4v) is 1.60. The fraction of sp³-hybridized carbons (Fsp3) is 0.273. The van der Waals surface area contributed by atoms with Gasteiger partial charge in [-0.3, -0.25) is 10.1 Å². The van der Waals surface area contributed by atoms with Crippen LogP contribution in [-0.2, 0) is 0 Å². The summed E-state index contributed by atoms with van der Waals surface area (Å²) in [5.74, 6) is 1.29. The molecule has 16 heavy (non-hydrogen) atoms. The first-order chi connectivity index (χ1) is 7.61.